The minimum atomic E-state index is -0.0443. The van der Waals surface area contributed by atoms with E-state index in [9.17, 15) is 5.11 Å². The van der Waals surface area contributed by atoms with Crippen molar-refractivity contribution in [3.8, 4) is 0 Å². The highest BCUT2D eigenvalue weighted by molar-refractivity contribution is 5.13. The Morgan fingerprint density at radius 3 is 2.87 bits per heavy atom. The fourth-order valence-corrected chi connectivity index (χ4v) is 4.15. The van der Waals surface area contributed by atoms with Gasteiger partial charge in [0.25, 0.3) is 0 Å². The average molecular weight is 208 g/mol. The summed E-state index contributed by atoms with van der Waals surface area (Å²) < 4.78 is 0. The summed E-state index contributed by atoms with van der Waals surface area (Å²) in [5.41, 5.74) is 1.98. The Bertz CT molecular complexity index is 269. The molecular weight excluding hydrogens is 184 g/mol. The maximum absolute atomic E-state index is 10.2. The van der Waals surface area contributed by atoms with Crippen molar-refractivity contribution < 1.29 is 5.11 Å². The van der Waals surface area contributed by atoms with Crippen LogP contribution in [0.15, 0.2) is 11.6 Å². The van der Waals surface area contributed by atoms with E-state index in [1.54, 1.807) is 5.57 Å². The summed E-state index contributed by atoms with van der Waals surface area (Å²) in [5.74, 6) is 1.19. The molecule has 86 valence electrons. The van der Waals surface area contributed by atoms with E-state index in [1.165, 1.54) is 25.7 Å². The van der Waals surface area contributed by atoms with Crippen molar-refractivity contribution in [1.82, 2.24) is 0 Å². The summed E-state index contributed by atoms with van der Waals surface area (Å²) in [6.45, 7) is 6.87. The van der Waals surface area contributed by atoms with Gasteiger partial charge in [0, 0.05) is 0 Å². The van der Waals surface area contributed by atoms with Crippen LogP contribution in [0, 0.1) is 17.3 Å². The molecule has 1 N–H and O–H groups in total. The van der Waals surface area contributed by atoms with Crippen molar-refractivity contribution in [2.24, 2.45) is 17.3 Å². The first-order valence-corrected chi connectivity index (χ1v) is 6.39. The van der Waals surface area contributed by atoms with Crippen LogP contribution in [-0.4, -0.2) is 11.2 Å². The summed E-state index contributed by atoms with van der Waals surface area (Å²) in [6.07, 6.45) is 8.20. The molecule has 4 atom stereocenters. The highest BCUT2D eigenvalue weighted by atomic mass is 16.3. The Kier molecular flexibility index (Phi) is 2.94. The number of rotatable bonds is 0. The lowest BCUT2D eigenvalue weighted by Crippen LogP contribution is -2.46. The van der Waals surface area contributed by atoms with Crippen molar-refractivity contribution in [2.45, 2.75) is 59.0 Å². The van der Waals surface area contributed by atoms with Crippen molar-refractivity contribution in [3.05, 3.63) is 11.6 Å². The molecule has 0 aromatic carbocycles. The molecule has 0 spiro atoms. The van der Waals surface area contributed by atoms with Crippen LogP contribution >= 0.6 is 0 Å². The average Bonchev–Trinajstić information content (AvgIpc) is 2.15. The van der Waals surface area contributed by atoms with E-state index in [4.69, 9.17) is 0 Å². The minimum absolute atomic E-state index is 0.0443. The third-order valence-electron chi connectivity index (χ3n) is 4.70. The van der Waals surface area contributed by atoms with Crippen molar-refractivity contribution >= 4 is 0 Å². The molecule has 3 unspecified atom stereocenters. The fourth-order valence-electron chi connectivity index (χ4n) is 4.15. The predicted octanol–water partition coefficient (Wildman–Crippen LogP) is 3.53. The topological polar surface area (TPSA) is 20.2 Å². The van der Waals surface area contributed by atoms with E-state index in [1.807, 2.05) is 0 Å². The number of fused-ring (bicyclic) bond motifs is 1. The maximum atomic E-state index is 10.2. The second kappa shape index (κ2) is 3.93. The van der Waals surface area contributed by atoms with Gasteiger partial charge in [0.15, 0.2) is 0 Å². The standard InChI is InChI=1S/C14H24O/c1-4-11-8-10(2)13-12(15)6-5-7-14(13,3)9-11/h4,10,12-13,15H,5-9H2,1-3H3/b11-4+/t10?,12?,13?,14-/m0/s1. The van der Waals surface area contributed by atoms with Gasteiger partial charge >= 0.3 is 0 Å². The molecule has 2 aliphatic rings. The molecular formula is C14H24O. The van der Waals surface area contributed by atoms with Crippen LogP contribution < -0.4 is 0 Å². The molecule has 2 fully saturated rings. The lowest BCUT2D eigenvalue weighted by Gasteiger charge is -2.51. The van der Waals surface area contributed by atoms with Crippen LogP contribution in [0.5, 0.6) is 0 Å². The highest BCUT2D eigenvalue weighted by Crippen LogP contribution is 2.53. The number of aliphatic hydroxyl groups is 1. The van der Waals surface area contributed by atoms with Crippen molar-refractivity contribution in [1.29, 1.82) is 0 Å². The molecule has 0 bridgehead atoms. The largest absolute Gasteiger partial charge is 0.393 e. The molecule has 0 aromatic rings. The molecule has 15 heavy (non-hydrogen) atoms. The van der Waals surface area contributed by atoms with Crippen LogP contribution in [0.2, 0.25) is 0 Å². The summed E-state index contributed by atoms with van der Waals surface area (Å²) in [4.78, 5) is 0. The van der Waals surface area contributed by atoms with Crippen molar-refractivity contribution in [2.75, 3.05) is 0 Å². The molecule has 2 rings (SSSR count). The van der Waals surface area contributed by atoms with Gasteiger partial charge in [-0.25, -0.2) is 0 Å². The quantitative estimate of drug-likeness (QED) is 0.604. The molecule has 0 amide bonds. The zero-order valence-corrected chi connectivity index (χ0v) is 10.3. The predicted molar refractivity (Wildman–Crippen MR) is 63.6 cm³/mol. The van der Waals surface area contributed by atoms with Gasteiger partial charge in [-0.2, -0.15) is 0 Å². The maximum Gasteiger partial charge on any atom is 0.0576 e. The molecule has 0 radical (unpaired) electrons. The number of allylic oxidation sites excluding steroid dienone is 2. The van der Waals surface area contributed by atoms with E-state index in [2.05, 4.69) is 26.8 Å². The number of aliphatic hydroxyl groups excluding tert-OH is 1. The van der Waals surface area contributed by atoms with Crippen LogP contribution in [0.3, 0.4) is 0 Å². The van der Waals surface area contributed by atoms with Crippen molar-refractivity contribution in [3.63, 3.8) is 0 Å². The Hall–Kier alpha value is -0.300. The highest BCUT2D eigenvalue weighted by Gasteiger charge is 2.47. The van der Waals surface area contributed by atoms with Gasteiger partial charge in [-0.1, -0.05) is 31.9 Å². The van der Waals surface area contributed by atoms with Crippen LogP contribution in [0.1, 0.15) is 52.9 Å². The Morgan fingerprint density at radius 1 is 1.47 bits per heavy atom. The van der Waals surface area contributed by atoms with Crippen LogP contribution in [-0.2, 0) is 0 Å². The Labute approximate surface area is 93.6 Å². The van der Waals surface area contributed by atoms with Gasteiger partial charge in [-0.15, -0.1) is 0 Å². The SMILES string of the molecule is C/C=C1\CC(C)C2C(O)CCC[C@@]2(C)C1. The number of hydrogen-bond donors (Lipinski definition) is 1. The Morgan fingerprint density at radius 2 is 2.20 bits per heavy atom. The molecule has 2 aliphatic carbocycles. The lowest BCUT2D eigenvalue weighted by molar-refractivity contribution is -0.0588. The monoisotopic (exact) mass is 208 g/mol. The van der Waals surface area contributed by atoms with E-state index < -0.39 is 0 Å². The first-order chi connectivity index (χ1) is 7.07. The van der Waals surface area contributed by atoms with Gasteiger partial charge in [-0.3, -0.25) is 0 Å². The minimum Gasteiger partial charge on any atom is -0.393 e. The second-order valence-electron chi connectivity index (χ2n) is 5.94. The molecule has 0 saturated heterocycles. The van der Waals surface area contributed by atoms with Gasteiger partial charge in [0.1, 0.15) is 0 Å². The lowest BCUT2D eigenvalue weighted by atomic mass is 9.55. The molecule has 1 heteroatoms. The molecule has 1 nitrogen and oxygen atoms in total. The van der Waals surface area contributed by atoms with Gasteiger partial charge in [-0.05, 0) is 49.9 Å². The molecule has 0 aromatic heterocycles. The first kappa shape index (κ1) is 11.2. The van der Waals surface area contributed by atoms with Gasteiger partial charge in [0.2, 0.25) is 0 Å². The first-order valence-electron chi connectivity index (χ1n) is 6.39. The second-order valence-corrected chi connectivity index (χ2v) is 5.94. The summed E-state index contributed by atoms with van der Waals surface area (Å²) >= 11 is 0. The zero-order chi connectivity index (χ0) is 11.1. The van der Waals surface area contributed by atoms with E-state index in [-0.39, 0.29) is 6.10 Å². The zero-order valence-electron chi connectivity index (χ0n) is 10.3. The number of hydrogen-bond acceptors (Lipinski definition) is 1. The summed E-state index contributed by atoms with van der Waals surface area (Å²) in [6, 6.07) is 0. The van der Waals surface area contributed by atoms with Gasteiger partial charge in [0.05, 0.1) is 6.10 Å². The normalized spacial score (nSPS) is 49.1. The molecule has 0 aliphatic heterocycles. The Balaban J connectivity index is 2.25. The molecule has 0 heterocycles. The van der Waals surface area contributed by atoms with Gasteiger partial charge < -0.3 is 5.11 Å². The van der Waals surface area contributed by atoms with E-state index in [0.29, 0.717) is 17.3 Å². The summed E-state index contributed by atoms with van der Waals surface area (Å²) in [7, 11) is 0. The van der Waals surface area contributed by atoms with Crippen LogP contribution in [0.25, 0.3) is 0 Å². The van der Waals surface area contributed by atoms with Crippen LogP contribution in [0.4, 0.5) is 0 Å². The summed E-state index contributed by atoms with van der Waals surface area (Å²) in [5, 5.41) is 10.2. The third kappa shape index (κ3) is 1.87. The smallest absolute Gasteiger partial charge is 0.0576 e. The molecule has 2 saturated carbocycles. The third-order valence-corrected chi connectivity index (χ3v) is 4.70. The van der Waals surface area contributed by atoms with E-state index in [0.717, 1.165) is 6.42 Å². The van der Waals surface area contributed by atoms with E-state index >= 15 is 0 Å². The fraction of sp³-hybridized carbons (Fsp3) is 0.857.